The van der Waals surface area contributed by atoms with E-state index in [0.29, 0.717) is 11.6 Å². The highest BCUT2D eigenvalue weighted by molar-refractivity contribution is 5.28. The third-order valence-electron chi connectivity index (χ3n) is 1.50. The molecule has 5 nitrogen and oxygen atoms in total. The number of nitrogen functional groups attached to an aromatic ring is 1. The largest absolute Gasteiger partial charge is 0.423 e. The highest BCUT2D eigenvalue weighted by Crippen LogP contribution is 2.15. The van der Waals surface area contributed by atoms with Crippen LogP contribution in [-0.4, -0.2) is 15.0 Å². The normalized spacial score (nSPS) is 9.71. The number of ether oxygens (including phenoxy) is 1. The molecule has 2 heterocycles. The molecule has 2 aromatic heterocycles. The molecule has 0 aromatic carbocycles. The van der Waals surface area contributed by atoms with Gasteiger partial charge in [-0.2, -0.15) is 4.98 Å². The molecule has 0 fully saturated rings. The summed E-state index contributed by atoms with van der Waals surface area (Å²) in [5.74, 6) is 0.956. The number of nitrogens with zero attached hydrogens (tertiary/aromatic N) is 3. The first kappa shape index (κ1) is 8.43. The first-order valence-corrected chi connectivity index (χ1v) is 4.01. The van der Waals surface area contributed by atoms with Crippen molar-refractivity contribution in [3.8, 4) is 11.8 Å². The lowest BCUT2D eigenvalue weighted by molar-refractivity contribution is 0.441. The Morgan fingerprint density at radius 2 is 2.14 bits per heavy atom. The number of hydrogen-bond donors (Lipinski definition) is 1. The van der Waals surface area contributed by atoms with Crippen molar-refractivity contribution in [1.82, 2.24) is 15.0 Å². The molecule has 0 amide bonds. The van der Waals surface area contributed by atoms with Gasteiger partial charge >= 0.3 is 6.01 Å². The summed E-state index contributed by atoms with van der Waals surface area (Å²) in [7, 11) is 0. The summed E-state index contributed by atoms with van der Waals surface area (Å²) < 4.78 is 5.29. The number of nitrogens with two attached hydrogens (primary N) is 1. The Hall–Kier alpha value is -2.17. The van der Waals surface area contributed by atoms with Crippen LogP contribution in [0, 0.1) is 0 Å². The molecule has 0 unspecified atom stereocenters. The average Bonchev–Trinajstić information content (AvgIpc) is 2.19. The van der Waals surface area contributed by atoms with Gasteiger partial charge in [0.05, 0.1) is 6.20 Å². The van der Waals surface area contributed by atoms with Crippen molar-refractivity contribution in [2.24, 2.45) is 0 Å². The lowest BCUT2D eigenvalue weighted by Crippen LogP contribution is -1.95. The maximum Gasteiger partial charge on any atom is 0.323 e. The molecule has 0 saturated carbocycles. The van der Waals surface area contributed by atoms with Crippen LogP contribution in [0.5, 0.6) is 11.8 Å². The molecule has 5 heteroatoms. The molecule has 0 spiro atoms. The van der Waals surface area contributed by atoms with Gasteiger partial charge in [-0.1, -0.05) is 0 Å². The first-order chi connectivity index (χ1) is 6.84. The molecule has 0 saturated heterocycles. The summed E-state index contributed by atoms with van der Waals surface area (Å²) in [6.45, 7) is 0. The van der Waals surface area contributed by atoms with Crippen molar-refractivity contribution in [1.29, 1.82) is 0 Å². The zero-order chi connectivity index (χ0) is 9.80. The van der Waals surface area contributed by atoms with Gasteiger partial charge in [-0.25, -0.2) is 4.98 Å². The van der Waals surface area contributed by atoms with Crippen molar-refractivity contribution < 1.29 is 4.74 Å². The summed E-state index contributed by atoms with van der Waals surface area (Å²) in [6, 6.07) is 5.34. The van der Waals surface area contributed by atoms with E-state index in [1.54, 1.807) is 30.6 Å². The number of anilines is 1. The Morgan fingerprint density at radius 1 is 1.21 bits per heavy atom. The second-order valence-corrected chi connectivity index (χ2v) is 2.55. The van der Waals surface area contributed by atoms with Crippen LogP contribution in [0.1, 0.15) is 0 Å². The van der Waals surface area contributed by atoms with E-state index < -0.39 is 0 Å². The fraction of sp³-hybridized carbons (Fsp3) is 0. The van der Waals surface area contributed by atoms with Crippen molar-refractivity contribution in [3.05, 3.63) is 36.8 Å². The van der Waals surface area contributed by atoms with E-state index in [4.69, 9.17) is 10.5 Å². The molecule has 2 aromatic rings. The summed E-state index contributed by atoms with van der Waals surface area (Å²) in [5, 5.41) is 0. The fourth-order valence-electron chi connectivity index (χ4n) is 0.916. The molecular weight excluding hydrogens is 180 g/mol. The van der Waals surface area contributed by atoms with Gasteiger partial charge in [0, 0.05) is 12.4 Å². The molecular formula is C9H8N4O. The molecule has 70 valence electrons. The summed E-state index contributed by atoms with van der Waals surface area (Å²) in [5.41, 5.74) is 5.47. The Bertz CT molecular complexity index is 418. The molecule has 14 heavy (non-hydrogen) atoms. The predicted molar refractivity (Wildman–Crippen MR) is 50.8 cm³/mol. The monoisotopic (exact) mass is 188 g/mol. The van der Waals surface area contributed by atoms with E-state index in [2.05, 4.69) is 15.0 Å². The third-order valence-corrected chi connectivity index (χ3v) is 1.50. The zero-order valence-electron chi connectivity index (χ0n) is 7.29. The lowest BCUT2D eigenvalue weighted by atomic mass is 10.5. The summed E-state index contributed by atoms with van der Waals surface area (Å²) in [6.07, 6.45) is 4.77. The standard InChI is InChI=1S/C9H8N4O/c10-8-3-5-12-9(13-8)14-7-2-1-4-11-6-7/h1-6H,(H2,10,12,13). The fourth-order valence-corrected chi connectivity index (χ4v) is 0.916. The SMILES string of the molecule is Nc1ccnc(Oc2cccnc2)n1. The van der Waals surface area contributed by atoms with Crippen LogP contribution >= 0.6 is 0 Å². The zero-order valence-corrected chi connectivity index (χ0v) is 7.29. The van der Waals surface area contributed by atoms with Gasteiger partial charge in [-0.05, 0) is 18.2 Å². The van der Waals surface area contributed by atoms with Gasteiger partial charge in [0.15, 0.2) is 0 Å². The number of pyridine rings is 1. The van der Waals surface area contributed by atoms with Gasteiger partial charge in [0.1, 0.15) is 11.6 Å². The van der Waals surface area contributed by atoms with E-state index in [0.717, 1.165) is 0 Å². The Kier molecular flexibility index (Phi) is 2.22. The minimum Gasteiger partial charge on any atom is -0.423 e. The van der Waals surface area contributed by atoms with Gasteiger partial charge in [0.2, 0.25) is 0 Å². The molecule has 0 bridgehead atoms. The average molecular weight is 188 g/mol. The van der Waals surface area contributed by atoms with E-state index in [1.165, 1.54) is 6.20 Å². The summed E-state index contributed by atoms with van der Waals surface area (Å²) in [4.78, 5) is 11.7. The number of hydrogen-bond acceptors (Lipinski definition) is 5. The quantitative estimate of drug-likeness (QED) is 0.767. The van der Waals surface area contributed by atoms with E-state index in [9.17, 15) is 0 Å². The minimum absolute atomic E-state index is 0.220. The molecule has 0 aliphatic heterocycles. The second kappa shape index (κ2) is 3.69. The van der Waals surface area contributed by atoms with Crippen LogP contribution in [0.2, 0.25) is 0 Å². The van der Waals surface area contributed by atoms with Crippen LogP contribution in [0.4, 0.5) is 5.82 Å². The topological polar surface area (TPSA) is 73.9 Å². The highest BCUT2D eigenvalue weighted by Gasteiger charge is 1.99. The predicted octanol–water partition coefficient (Wildman–Crippen LogP) is 1.25. The van der Waals surface area contributed by atoms with Crippen molar-refractivity contribution >= 4 is 5.82 Å². The van der Waals surface area contributed by atoms with Crippen LogP contribution in [0.15, 0.2) is 36.8 Å². The first-order valence-electron chi connectivity index (χ1n) is 4.01. The Labute approximate surface area is 80.6 Å². The van der Waals surface area contributed by atoms with Crippen LogP contribution < -0.4 is 10.5 Å². The second-order valence-electron chi connectivity index (χ2n) is 2.55. The maximum atomic E-state index is 5.47. The Morgan fingerprint density at radius 3 is 2.86 bits per heavy atom. The van der Waals surface area contributed by atoms with Crippen LogP contribution in [-0.2, 0) is 0 Å². The highest BCUT2D eigenvalue weighted by atomic mass is 16.5. The number of rotatable bonds is 2. The van der Waals surface area contributed by atoms with Crippen molar-refractivity contribution in [3.63, 3.8) is 0 Å². The van der Waals surface area contributed by atoms with Crippen molar-refractivity contribution in [2.45, 2.75) is 0 Å². The van der Waals surface area contributed by atoms with Gasteiger partial charge < -0.3 is 10.5 Å². The molecule has 2 rings (SSSR count). The minimum atomic E-state index is 0.220. The van der Waals surface area contributed by atoms with Crippen LogP contribution in [0.3, 0.4) is 0 Å². The molecule has 0 aliphatic carbocycles. The van der Waals surface area contributed by atoms with Crippen molar-refractivity contribution in [2.75, 3.05) is 5.73 Å². The van der Waals surface area contributed by atoms with E-state index >= 15 is 0 Å². The molecule has 2 N–H and O–H groups in total. The van der Waals surface area contributed by atoms with Gasteiger partial charge in [-0.15, -0.1) is 0 Å². The van der Waals surface area contributed by atoms with Crippen LogP contribution in [0.25, 0.3) is 0 Å². The Balaban J connectivity index is 2.19. The molecule has 0 aliphatic rings. The van der Waals surface area contributed by atoms with Gasteiger partial charge in [-0.3, -0.25) is 4.98 Å². The molecule has 0 radical (unpaired) electrons. The lowest BCUT2D eigenvalue weighted by Gasteiger charge is -2.01. The van der Waals surface area contributed by atoms with E-state index in [1.807, 2.05) is 0 Å². The van der Waals surface area contributed by atoms with Gasteiger partial charge in [0.25, 0.3) is 0 Å². The third kappa shape index (κ3) is 1.95. The molecule has 0 atom stereocenters. The maximum absolute atomic E-state index is 5.47. The van der Waals surface area contributed by atoms with E-state index in [-0.39, 0.29) is 6.01 Å². The number of aromatic nitrogens is 3. The summed E-state index contributed by atoms with van der Waals surface area (Å²) >= 11 is 0. The smallest absolute Gasteiger partial charge is 0.323 e.